The molecule has 146 valence electrons. The molecular formula is C20H23N5O3. The fourth-order valence-electron chi connectivity index (χ4n) is 2.88. The molecule has 0 spiro atoms. The van der Waals surface area contributed by atoms with Gasteiger partial charge >= 0.3 is 0 Å². The summed E-state index contributed by atoms with van der Waals surface area (Å²) in [5.74, 6) is 7.14. The van der Waals surface area contributed by atoms with E-state index < -0.39 is 12.0 Å². The Morgan fingerprint density at radius 3 is 2.64 bits per heavy atom. The van der Waals surface area contributed by atoms with E-state index >= 15 is 0 Å². The Bertz CT molecular complexity index is 1010. The monoisotopic (exact) mass is 381 g/mol. The Morgan fingerprint density at radius 2 is 1.93 bits per heavy atom. The van der Waals surface area contributed by atoms with Gasteiger partial charge < -0.3 is 14.4 Å². The van der Waals surface area contributed by atoms with E-state index in [9.17, 15) is 4.79 Å². The fourth-order valence-corrected chi connectivity index (χ4v) is 2.88. The number of nitrogens with zero attached hydrogens (tertiary/aromatic N) is 3. The number of hydrogen-bond acceptors (Lipinski definition) is 7. The lowest BCUT2D eigenvalue weighted by atomic mass is 10.2. The first-order valence-electron chi connectivity index (χ1n) is 8.77. The maximum atomic E-state index is 11.7. The summed E-state index contributed by atoms with van der Waals surface area (Å²) in [7, 11) is 3.45. The van der Waals surface area contributed by atoms with Crippen molar-refractivity contribution in [1.82, 2.24) is 15.4 Å². The zero-order valence-corrected chi connectivity index (χ0v) is 16.3. The number of benzene rings is 2. The van der Waals surface area contributed by atoms with Crippen LogP contribution in [0, 0.1) is 6.92 Å². The number of methoxy groups -OCH3 is 1. The highest BCUT2D eigenvalue weighted by Gasteiger charge is 2.18. The summed E-state index contributed by atoms with van der Waals surface area (Å²) in [6, 6.07) is 13.3. The number of carbonyl (C=O) groups is 1. The van der Waals surface area contributed by atoms with Gasteiger partial charge in [-0.15, -0.1) is 0 Å². The number of aromatic nitrogens is 2. The van der Waals surface area contributed by atoms with Crippen LogP contribution in [0.1, 0.15) is 12.7 Å². The number of rotatable bonds is 6. The first-order chi connectivity index (χ1) is 13.4. The molecule has 1 unspecified atom stereocenters. The number of fused-ring (bicyclic) bond motifs is 1. The molecule has 0 aliphatic rings. The molecule has 0 aliphatic heterocycles. The van der Waals surface area contributed by atoms with Crippen molar-refractivity contribution in [3.05, 3.63) is 48.3 Å². The van der Waals surface area contributed by atoms with E-state index in [1.165, 1.54) is 0 Å². The lowest BCUT2D eigenvalue weighted by Gasteiger charge is -2.22. The average molecular weight is 381 g/mol. The molecule has 0 saturated carbocycles. The average Bonchev–Trinajstić information content (AvgIpc) is 2.71. The van der Waals surface area contributed by atoms with Crippen LogP contribution in [0.15, 0.2) is 42.5 Å². The third-order valence-electron chi connectivity index (χ3n) is 4.36. The van der Waals surface area contributed by atoms with Gasteiger partial charge in [0.05, 0.1) is 12.6 Å². The van der Waals surface area contributed by atoms with E-state index in [-0.39, 0.29) is 0 Å². The third-order valence-corrected chi connectivity index (χ3v) is 4.36. The number of hydrazine groups is 1. The topological polar surface area (TPSA) is 103 Å². The highest BCUT2D eigenvalue weighted by atomic mass is 16.5. The number of anilines is 2. The van der Waals surface area contributed by atoms with Crippen molar-refractivity contribution < 1.29 is 14.3 Å². The summed E-state index contributed by atoms with van der Waals surface area (Å²) < 4.78 is 11.1. The Kier molecular flexibility index (Phi) is 5.60. The lowest BCUT2D eigenvalue weighted by molar-refractivity contribution is -0.127. The standard InChI is InChI=1S/C20H23N5O3/c1-12(20(26)24-21)28-18-11-14(9-10-17(18)27-4)25(3)19-15-7-5-6-8-16(15)22-13(2)23-19/h5-12H,21H2,1-4H3,(H,24,26). The SMILES string of the molecule is COc1ccc(N(C)c2nc(C)nc3ccccc23)cc1OC(C)C(=O)NN. The van der Waals surface area contributed by atoms with Gasteiger partial charge in [0, 0.05) is 24.2 Å². The van der Waals surface area contributed by atoms with Crippen molar-refractivity contribution in [2.75, 3.05) is 19.1 Å². The van der Waals surface area contributed by atoms with Crippen LogP contribution < -0.4 is 25.6 Å². The van der Waals surface area contributed by atoms with Gasteiger partial charge in [0.15, 0.2) is 17.6 Å². The van der Waals surface area contributed by atoms with Gasteiger partial charge in [-0.3, -0.25) is 10.2 Å². The number of hydrogen-bond donors (Lipinski definition) is 2. The van der Waals surface area contributed by atoms with Crippen LogP contribution in [0.3, 0.4) is 0 Å². The number of nitrogens with two attached hydrogens (primary N) is 1. The molecule has 3 aromatic rings. The van der Waals surface area contributed by atoms with Crippen molar-refractivity contribution in [3.8, 4) is 11.5 Å². The lowest BCUT2D eigenvalue weighted by Crippen LogP contribution is -2.40. The molecule has 3 rings (SSSR count). The number of para-hydroxylation sites is 1. The van der Waals surface area contributed by atoms with E-state index in [4.69, 9.17) is 15.3 Å². The molecule has 1 aromatic heterocycles. The molecule has 0 saturated heterocycles. The van der Waals surface area contributed by atoms with Crippen LogP contribution in [0.5, 0.6) is 11.5 Å². The Labute approximate surface area is 163 Å². The third kappa shape index (κ3) is 3.81. The molecule has 0 bridgehead atoms. The second-order valence-corrected chi connectivity index (χ2v) is 6.27. The number of amides is 1. The normalized spacial score (nSPS) is 11.8. The number of aryl methyl sites for hydroxylation is 1. The first-order valence-corrected chi connectivity index (χ1v) is 8.77. The molecule has 1 amide bonds. The largest absolute Gasteiger partial charge is 0.493 e. The van der Waals surface area contributed by atoms with E-state index in [1.807, 2.05) is 49.2 Å². The first kappa shape index (κ1) is 19.4. The minimum Gasteiger partial charge on any atom is -0.493 e. The summed E-state index contributed by atoms with van der Waals surface area (Å²) in [4.78, 5) is 22.8. The van der Waals surface area contributed by atoms with E-state index in [2.05, 4.69) is 15.4 Å². The van der Waals surface area contributed by atoms with Crippen LogP contribution in [0.4, 0.5) is 11.5 Å². The van der Waals surface area contributed by atoms with Crippen molar-refractivity contribution in [2.24, 2.45) is 5.84 Å². The van der Waals surface area contributed by atoms with E-state index in [1.54, 1.807) is 26.2 Å². The summed E-state index contributed by atoms with van der Waals surface area (Å²) in [6.07, 6.45) is -0.776. The second kappa shape index (κ2) is 8.10. The summed E-state index contributed by atoms with van der Waals surface area (Å²) >= 11 is 0. The van der Waals surface area contributed by atoms with Crippen LogP contribution in [-0.4, -0.2) is 36.1 Å². The molecular weight excluding hydrogens is 358 g/mol. The van der Waals surface area contributed by atoms with Gasteiger partial charge in [0.25, 0.3) is 5.91 Å². The smallest absolute Gasteiger partial charge is 0.274 e. The second-order valence-electron chi connectivity index (χ2n) is 6.27. The minimum absolute atomic E-state index is 0.429. The molecule has 8 heteroatoms. The van der Waals surface area contributed by atoms with Gasteiger partial charge in [-0.25, -0.2) is 15.8 Å². The van der Waals surface area contributed by atoms with Crippen molar-refractivity contribution in [2.45, 2.75) is 20.0 Å². The molecule has 0 fully saturated rings. The number of nitrogens with one attached hydrogen (secondary N) is 1. The summed E-state index contributed by atoms with van der Waals surface area (Å²) in [5, 5.41) is 0.935. The van der Waals surface area contributed by atoms with Gasteiger partial charge in [-0.1, -0.05) is 12.1 Å². The molecule has 3 N–H and O–H groups in total. The predicted molar refractivity (Wildman–Crippen MR) is 108 cm³/mol. The Hall–Kier alpha value is -3.39. The van der Waals surface area contributed by atoms with Gasteiger partial charge in [-0.2, -0.15) is 0 Å². The maximum Gasteiger partial charge on any atom is 0.274 e. The number of ether oxygens (including phenoxy) is 2. The van der Waals surface area contributed by atoms with Crippen molar-refractivity contribution >= 4 is 28.3 Å². The Morgan fingerprint density at radius 1 is 1.18 bits per heavy atom. The quantitative estimate of drug-likeness (QED) is 0.384. The molecule has 0 aliphatic carbocycles. The summed E-state index contributed by atoms with van der Waals surface area (Å²) in [6.45, 7) is 3.47. The highest BCUT2D eigenvalue weighted by molar-refractivity contribution is 5.91. The van der Waals surface area contributed by atoms with Crippen LogP contribution >= 0.6 is 0 Å². The maximum absolute atomic E-state index is 11.7. The fraction of sp³-hybridized carbons (Fsp3) is 0.250. The van der Waals surface area contributed by atoms with Gasteiger partial charge in [0.2, 0.25) is 0 Å². The van der Waals surface area contributed by atoms with Crippen LogP contribution in [0.25, 0.3) is 10.9 Å². The van der Waals surface area contributed by atoms with Gasteiger partial charge in [-0.05, 0) is 38.1 Å². The Balaban J connectivity index is 2.02. The van der Waals surface area contributed by atoms with Crippen LogP contribution in [-0.2, 0) is 4.79 Å². The molecule has 28 heavy (non-hydrogen) atoms. The minimum atomic E-state index is -0.776. The number of carbonyl (C=O) groups excluding carboxylic acids is 1. The molecule has 8 nitrogen and oxygen atoms in total. The van der Waals surface area contributed by atoms with Crippen LogP contribution in [0.2, 0.25) is 0 Å². The molecule has 2 aromatic carbocycles. The zero-order chi connectivity index (χ0) is 20.3. The van der Waals surface area contributed by atoms with Crippen molar-refractivity contribution in [1.29, 1.82) is 0 Å². The van der Waals surface area contributed by atoms with E-state index in [0.29, 0.717) is 17.3 Å². The van der Waals surface area contributed by atoms with Crippen molar-refractivity contribution in [3.63, 3.8) is 0 Å². The molecule has 1 atom stereocenters. The van der Waals surface area contributed by atoms with E-state index in [0.717, 1.165) is 22.4 Å². The highest BCUT2D eigenvalue weighted by Crippen LogP contribution is 2.35. The predicted octanol–water partition coefficient (Wildman–Crippen LogP) is 2.47. The molecule has 0 radical (unpaired) electrons. The van der Waals surface area contributed by atoms with Gasteiger partial charge in [0.1, 0.15) is 11.6 Å². The zero-order valence-electron chi connectivity index (χ0n) is 16.3. The summed E-state index contributed by atoms with van der Waals surface area (Å²) in [5.41, 5.74) is 3.77. The molecule has 1 heterocycles.